The van der Waals surface area contributed by atoms with Gasteiger partial charge < -0.3 is 0 Å². The van der Waals surface area contributed by atoms with Gasteiger partial charge in [0.25, 0.3) is 0 Å². The molecule has 0 aromatic rings. The molecular weight excluding hydrogens is 114 g/mol. The lowest BCUT2D eigenvalue weighted by Gasteiger charge is -2.16. The zero-order valence-electron chi connectivity index (χ0n) is 6.39. The first-order valence-electron chi connectivity index (χ1n) is 3.27. The van der Waals surface area contributed by atoms with Gasteiger partial charge in [-0.15, -0.1) is 0 Å². The van der Waals surface area contributed by atoms with Crippen molar-refractivity contribution < 1.29 is 0 Å². The van der Waals surface area contributed by atoms with Crippen molar-refractivity contribution in [2.45, 2.75) is 13.8 Å². The zero-order chi connectivity index (χ0) is 7.11. The third kappa shape index (κ3) is 3.97. The number of aliphatic imine (C=N–C) groups is 1. The summed E-state index contributed by atoms with van der Waals surface area (Å²) in [6.45, 7) is 6.03. The third-order valence-corrected chi connectivity index (χ3v) is 0.957. The molecule has 0 aliphatic carbocycles. The molecule has 0 fully saturated rings. The maximum absolute atomic E-state index is 3.86. The van der Waals surface area contributed by atoms with Crippen molar-refractivity contribution in [2.75, 3.05) is 20.1 Å². The predicted octanol–water partition coefficient (Wildman–Crippen LogP) is 0.491. The lowest BCUT2D eigenvalue weighted by Crippen LogP contribution is -2.36. The topological polar surface area (TPSA) is 27.6 Å². The Hall–Kier alpha value is -0.570. The van der Waals surface area contributed by atoms with Gasteiger partial charge >= 0.3 is 0 Å². The SMILES string of the molecule is CCNN(C=NC)CC. The van der Waals surface area contributed by atoms with Gasteiger partial charge in [0.1, 0.15) is 0 Å². The Labute approximate surface area is 56.7 Å². The van der Waals surface area contributed by atoms with Gasteiger partial charge in [0.05, 0.1) is 6.34 Å². The minimum atomic E-state index is 0.944. The molecule has 0 rings (SSSR count). The van der Waals surface area contributed by atoms with Crippen molar-refractivity contribution in [3.63, 3.8) is 0 Å². The van der Waals surface area contributed by atoms with Gasteiger partial charge in [-0.25, -0.2) is 5.43 Å². The van der Waals surface area contributed by atoms with Crippen LogP contribution in [0.3, 0.4) is 0 Å². The fourth-order valence-electron chi connectivity index (χ4n) is 0.577. The molecule has 0 amide bonds. The van der Waals surface area contributed by atoms with E-state index in [-0.39, 0.29) is 0 Å². The molecular formula is C6H15N3. The molecule has 0 bridgehead atoms. The first-order chi connectivity index (χ1) is 4.35. The van der Waals surface area contributed by atoms with E-state index in [0.29, 0.717) is 0 Å². The second kappa shape index (κ2) is 5.56. The average Bonchev–Trinajstić information content (AvgIpc) is 1.88. The molecule has 0 atom stereocenters. The van der Waals surface area contributed by atoms with E-state index >= 15 is 0 Å². The first kappa shape index (κ1) is 8.43. The van der Waals surface area contributed by atoms with Crippen molar-refractivity contribution in [1.82, 2.24) is 10.4 Å². The largest absolute Gasteiger partial charge is 0.299 e. The van der Waals surface area contributed by atoms with Crippen LogP contribution < -0.4 is 5.43 Å². The van der Waals surface area contributed by atoms with Gasteiger partial charge in [0.2, 0.25) is 0 Å². The fraction of sp³-hybridized carbons (Fsp3) is 0.833. The summed E-state index contributed by atoms with van der Waals surface area (Å²) in [4.78, 5) is 3.86. The van der Waals surface area contributed by atoms with E-state index in [1.165, 1.54) is 0 Å². The van der Waals surface area contributed by atoms with E-state index in [0.717, 1.165) is 13.1 Å². The molecule has 0 saturated carbocycles. The van der Waals surface area contributed by atoms with Crippen LogP contribution in [0.5, 0.6) is 0 Å². The smallest absolute Gasteiger partial charge is 0.0988 e. The van der Waals surface area contributed by atoms with Gasteiger partial charge in [-0.1, -0.05) is 6.92 Å². The Morgan fingerprint density at radius 1 is 1.56 bits per heavy atom. The summed E-state index contributed by atoms with van der Waals surface area (Å²) in [5.74, 6) is 0. The number of hydrazine groups is 1. The van der Waals surface area contributed by atoms with E-state index in [2.05, 4.69) is 24.3 Å². The monoisotopic (exact) mass is 129 g/mol. The Kier molecular flexibility index (Phi) is 5.21. The second-order valence-electron chi connectivity index (χ2n) is 1.67. The van der Waals surface area contributed by atoms with Crippen LogP contribution in [-0.4, -0.2) is 31.5 Å². The molecule has 54 valence electrons. The van der Waals surface area contributed by atoms with Crippen LogP contribution in [0.1, 0.15) is 13.8 Å². The van der Waals surface area contributed by atoms with Crippen LogP contribution >= 0.6 is 0 Å². The van der Waals surface area contributed by atoms with Crippen LogP contribution in [0.4, 0.5) is 0 Å². The second-order valence-corrected chi connectivity index (χ2v) is 1.67. The number of nitrogens with zero attached hydrogens (tertiary/aromatic N) is 2. The highest BCUT2D eigenvalue weighted by Crippen LogP contribution is 1.73. The van der Waals surface area contributed by atoms with Crippen LogP contribution in [0.25, 0.3) is 0 Å². The summed E-state index contributed by atoms with van der Waals surface area (Å²) in [6.07, 6.45) is 1.78. The molecule has 0 saturated heterocycles. The quantitative estimate of drug-likeness (QED) is 0.340. The van der Waals surface area contributed by atoms with Gasteiger partial charge in [0, 0.05) is 20.1 Å². The van der Waals surface area contributed by atoms with Crippen LogP contribution in [0.15, 0.2) is 4.99 Å². The minimum Gasteiger partial charge on any atom is -0.299 e. The number of rotatable bonds is 4. The molecule has 0 aliphatic rings. The highest BCUT2D eigenvalue weighted by Gasteiger charge is 1.88. The summed E-state index contributed by atoms with van der Waals surface area (Å²) in [6, 6.07) is 0. The predicted molar refractivity (Wildman–Crippen MR) is 40.5 cm³/mol. The highest BCUT2D eigenvalue weighted by molar-refractivity contribution is 5.53. The Bertz CT molecular complexity index is 80.4. The number of hydrogen-bond donors (Lipinski definition) is 1. The summed E-state index contributed by atoms with van der Waals surface area (Å²) in [5, 5.41) is 1.94. The molecule has 0 unspecified atom stereocenters. The molecule has 0 aliphatic heterocycles. The van der Waals surface area contributed by atoms with Crippen LogP contribution in [0.2, 0.25) is 0 Å². The lowest BCUT2D eigenvalue weighted by molar-refractivity contribution is 0.341. The Morgan fingerprint density at radius 2 is 2.22 bits per heavy atom. The highest BCUT2D eigenvalue weighted by atomic mass is 15.5. The Morgan fingerprint density at radius 3 is 2.56 bits per heavy atom. The van der Waals surface area contributed by atoms with Crippen molar-refractivity contribution in [2.24, 2.45) is 4.99 Å². The van der Waals surface area contributed by atoms with Gasteiger partial charge in [-0.3, -0.25) is 10.0 Å². The maximum atomic E-state index is 3.86. The molecule has 0 heterocycles. The van der Waals surface area contributed by atoms with E-state index in [4.69, 9.17) is 0 Å². The van der Waals surface area contributed by atoms with Crippen molar-refractivity contribution in [3.8, 4) is 0 Å². The number of nitrogens with one attached hydrogen (secondary N) is 1. The standard InChI is InChI=1S/C6H15N3/c1-4-8-9(5-2)6-7-3/h6,8H,4-5H2,1-3H3. The van der Waals surface area contributed by atoms with Gasteiger partial charge in [-0.05, 0) is 6.92 Å². The molecule has 0 radical (unpaired) electrons. The van der Waals surface area contributed by atoms with Crippen molar-refractivity contribution in [3.05, 3.63) is 0 Å². The van der Waals surface area contributed by atoms with E-state index < -0.39 is 0 Å². The van der Waals surface area contributed by atoms with Crippen molar-refractivity contribution >= 4 is 6.34 Å². The summed E-state index contributed by atoms with van der Waals surface area (Å²) in [5.41, 5.74) is 3.12. The fourth-order valence-corrected chi connectivity index (χ4v) is 0.577. The van der Waals surface area contributed by atoms with E-state index in [1.54, 1.807) is 13.4 Å². The summed E-state index contributed by atoms with van der Waals surface area (Å²) in [7, 11) is 1.76. The molecule has 3 nitrogen and oxygen atoms in total. The Balaban J connectivity index is 3.41. The summed E-state index contributed by atoms with van der Waals surface area (Å²) >= 11 is 0. The first-order valence-corrected chi connectivity index (χ1v) is 3.27. The van der Waals surface area contributed by atoms with Crippen molar-refractivity contribution in [1.29, 1.82) is 0 Å². The third-order valence-electron chi connectivity index (χ3n) is 0.957. The van der Waals surface area contributed by atoms with Gasteiger partial charge in [-0.2, -0.15) is 0 Å². The molecule has 1 N–H and O–H groups in total. The zero-order valence-corrected chi connectivity index (χ0v) is 6.39. The molecule has 0 spiro atoms. The lowest BCUT2D eigenvalue weighted by atomic mass is 10.7. The average molecular weight is 129 g/mol. The molecule has 0 aromatic carbocycles. The maximum Gasteiger partial charge on any atom is 0.0988 e. The van der Waals surface area contributed by atoms with Crippen LogP contribution in [-0.2, 0) is 0 Å². The summed E-state index contributed by atoms with van der Waals surface area (Å²) < 4.78 is 0. The molecule has 9 heavy (non-hydrogen) atoms. The number of hydrogen-bond acceptors (Lipinski definition) is 2. The van der Waals surface area contributed by atoms with Crippen LogP contribution in [0, 0.1) is 0 Å². The van der Waals surface area contributed by atoms with Gasteiger partial charge in [0.15, 0.2) is 0 Å². The molecule has 0 aromatic heterocycles. The van der Waals surface area contributed by atoms with E-state index in [9.17, 15) is 0 Å². The minimum absolute atomic E-state index is 0.944. The molecule has 3 heteroatoms. The normalized spacial score (nSPS) is 10.6. The van der Waals surface area contributed by atoms with E-state index in [1.807, 2.05) is 5.01 Å².